The van der Waals surface area contributed by atoms with Gasteiger partial charge in [0.25, 0.3) is 0 Å². The first-order chi connectivity index (χ1) is 11.7. The lowest BCUT2D eigenvalue weighted by atomic mass is 9.72. The molecule has 0 radical (unpaired) electrons. The fraction of sp³-hybridized carbons (Fsp3) is 0.737. The van der Waals surface area contributed by atoms with Crippen molar-refractivity contribution in [3.8, 4) is 0 Å². The van der Waals surface area contributed by atoms with E-state index in [1.54, 1.807) is 6.33 Å². The maximum absolute atomic E-state index is 12.4. The molecule has 3 aliphatic rings. The van der Waals surface area contributed by atoms with Crippen molar-refractivity contribution >= 4 is 11.7 Å². The van der Waals surface area contributed by atoms with Crippen molar-refractivity contribution < 1.29 is 4.79 Å². The zero-order valence-corrected chi connectivity index (χ0v) is 14.7. The predicted molar refractivity (Wildman–Crippen MR) is 93.9 cm³/mol. The number of rotatable bonds is 2. The lowest BCUT2D eigenvalue weighted by Crippen LogP contribution is -2.54. The third-order valence-electron chi connectivity index (χ3n) is 6.40. The Morgan fingerprint density at radius 1 is 1.12 bits per heavy atom. The van der Waals surface area contributed by atoms with E-state index in [0.29, 0.717) is 17.4 Å². The second-order valence-electron chi connectivity index (χ2n) is 7.96. The van der Waals surface area contributed by atoms with Gasteiger partial charge in [0, 0.05) is 43.9 Å². The van der Waals surface area contributed by atoms with Gasteiger partial charge in [0.05, 0.1) is 0 Å². The Kier molecular flexibility index (Phi) is 4.19. The van der Waals surface area contributed by atoms with Crippen molar-refractivity contribution in [3.63, 3.8) is 0 Å². The molecule has 0 atom stereocenters. The van der Waals surface area contributed by atoms with Crippen LogP contribution in [-0.2, 0) is 4.79 Å². The topological polar surface area (TPSA) is 49.3 Å². The molecular formula is C19H28N4O. The Balaban J connectivity index is 1.43. The van der Waals surface area contributed by atoms with Crippen LogP contribution in [0.4, 0.5) is 5.82 Å². The van der Waals surface area contributed by atoms with Gasteiger partial charge >= 0.3 is 0 Å². The standard InChI is InChI=1S/C19H28N4O/c1-15-12-17(21-14-20-15)22-10-8-19(9-11-22)7-6-18(24)23(13-19)16-4-2-3-5-16/h12,14,16H,2-11,13H2,1H3. The molecule has 3 fully saturated rings. The summed E-state index contributed by atoms with van der Waals surface area (Å²) in [4.78, 5) is 25.7. The number of aromatic nitrogens is 2. The highest BCUT2D eigenvalue weighted by Crippen LogP contribution is 2.42. The Bertz CT molecular complexity index is 603. The van der Waals surface area contributed by atoms with Gasteiger partial charge in [-0.25, -0.2) is 9.97 Å². The van der Waals surface area contributed by atoms with E-state index in [2.05, 4.69) is 25.8 Å². The molecule has 2 saturated heterocycles. The van der Waals surface area contributed by atoms with Crippen molar-refractivity contribution in [2.45, 2.75) is 64.3 Å². The average Bonchev–Trinajstić information content (AvgIpc) is 3.12. The van der Waals surface area contributed by atoms with Gasteiger partial charge in [-0.3, -0.25) is 4.79 Å². The summed E-state index contributed by atoms with van der Waals surface area (Å²) >= 11 is 0. The number of aryl methyl sites for hydroxylation is 1. The Morgan fingerprint density at radius 2 is 1.88 bits per heavy atom. The predicted octanol–water partition coefficient (Wildman–Crippen LogP) is 2.94. The van der Waals surface area contributed by atoms with Gasteiger partial charge in [0.15, 0.2) is 0 Å². The van der Waals surface area contributed by atoms with Crippen LogP contribution in [0.5, 0.6) is 0 Å². The number of hydrogen-bond acceptors (Lipinski definition) is 4. The van der Waals surface area contributed by atoms with Crippen LogP contribution in [0, 0.1) is 12.3 Å². The van der Waals surface area contributed by atoms with E-state index < -0.39 is 0 Å². The summed E-state index contributed by atoms with van der Waals surface area (Å²) in [6.07, 6.45) is 10.9. The second kappa shape index (κ2) is 6.34. The molecule has 130 valence electrons. The fourth-order valence-electron chi connectivity index (χ4n) is 4.82. The van der Waals surface area contributed by atoms with Gasteiger partial charge in [-0.1, -0.05) is 12.8 Å². The van der Waals surface area contributed by atoms with E-state index >= 15 is 0 Å². The van der Waals surface area contributed by atoms with Crippen molar-refractivity contribution in [3.05, 3.63) is 18.1 Å². The van der Waals surface area contributed by atoms with E-state index in [1.165, 1.54) is 38.5 Å². The lowest BCUT2D eigenvalue weighted by Gasteiger charge is -2.49. The van der Waals surface area contributed by atoms with Gasteiger partial charge in [-0.2, -0.15) is 0 Å². The normalized spacial score (nSPS) is 24.8. The van der Waals surface area contributed by atoms with Crippen LogP contribution < -0.4 is 4.90 Å². The summed E-state index contributed by atoms with van der Waals surface area (Å²) in [7, 11) is 0. The zero-order chi connectivity index (χ0) is 16.6. The highest BCUT2D eigenvalue weighted by Gasteiger charge is 2.43. The molecule has 2 aliphatic heterocycles. The minimum Gasteiger partial charge on any atom is -0.356 e. The molecule has 5 heteroatoms. The number of likely N-dealkylation sites (tertiary alicyclic amines) is 1. The van der Waals surface area contributed by atoms with Gasteiger partial charge in [0.2, 0.25) is 5.91 Å². The maximum Gasteiger partial charge on any atom is 0.222 e. The van der Waals surface area contributed by atoms with Crippen LogP contribution >= 0.6 is 0 Å². The lowest BCUT2D eigenvalue weighted by molar-refractivity contribution is -0.141. The SMILES string of the molecule is Cc1cc(N2CCC3(CCC(=O)N(C4CCCC4)C3)CC2)ncn1. The molecule has 1 aromatic heterocycles. The molecule has 3 heterocycles. The summed E-state index contributed by atoms with van der Waals surface area (Å²) in [5.41, 5.74) is 1.37. The third-order valence-corrected chi connectivity index (χ3v) is 6.40. The van der Waals surface area contributed by atoms with E-state index in [-0.39, 0.29) is 0 Å². The first-order valence-corrected chi connectivity index (χ1v) is 9.48. The third kappa shape index (κ3) is 3.01. The van der Waals surface area contributed by atoms with Crippen LogP contribution in [0.2, 0.25) is 0 Å². The average molecular weight is 328 g/mol. The number of piperidine rings is 2. The molecule has 1 amide bonds. The molecule has 1 aromatic rings. The van der Waals surface area contributed by atoms with Crippen LogP contribution in [0.25, 0.3) is 0 Å². The molecule has 24 heavy (non-hydrogen) atoms. The number of carbonyl (C=O) groups is 1. The molecule has 4 rings (SSSR count). The molecule has 5 nitrogen and oxygen atoms in total. The van der Waals surface area contributed by atoms with Crippen molar-refractivity contribution in [2.24, 2.45) is 5.41 Å². The molecule has 0 aromatic carbocycles. The number of nitrogens with zero attached hydrogens (tertiary/aromatic N) is 4. The van der Waals surface area contributed by atoms with E-state index in [1.807, 2.05) is 6.92 Å². The van der Waals surface area contributed by atoms with Crippen molar-refractivity contribution in [2.75, 3.05) is 24.5 Å². The van der Waals surface area contributed by atoms with Gasteiger partial charge in [-0.05, 0) is 44.4 Å². The fourth-order valence-corrected chi connectivity index (χ4v) is 4.82. The van der Waals surface area contributed by atoms with E-state index in [4.69, 9.17) is 0 Å². The summed E-state index contributed by atoms with van der Waals surface area (Å²) in [6.45, 7) is 5.10. The Morgan fingerprint density at radius 3 is 2.58 bits per heavy atom. The molecule has 1 aliphatic carbocycles. The van der Waals surface area contributed by atoms with Crippen molar-refractivity contribution in [1.82, 2.24) is 14.9 Å². The van der Waals surface area contributed by atoms with Crippen LogP contribution in [0.15, 0.2) is 12.4 Å². The molecule has 1 saturated carbocycles. The molecular weight excluding hydrogens is 300 g/mol. The van der Waals surface area contributed by atoms with Crippen LogP contribution in [0.3, 0.4) is 0 Å². The quantitative estimate of drug-likeness (QED) is 0.837. The highest BCUT2D eigenvalue weighted by molar-refractivity contribution is 5.77. The smallest absolute Gasteiger partial charge is 0.222 e. The maximum atomic E-state index is 12.4. The van der Waals surface area contributed by atoms with Gasteiger partial charge in [0.1, 0.15) is 12.1 Å². The van der Waals surface area contributed by atoms with E-state index in [0.717, 1.165) is 44.0 Å². The van der Waals surface area contributed by atoms with Gasteiger partial charge < -0.3 is 9.80 Å². The molecule has 0 N–H and O–H groups in total. The minimum absolute atomic E-state index is 0.342. The first kappa shape index (κ1) is 15.9. The van der Waals surface area contributed by atoms with E-state index in [9.17, 15) is 4.79 Å². The van der Waals surface area contributed by atoms with Crippen molar-refractivity contribution in [1.29, 1.82) is 0 Å². The largest absolute Gasteiger partial charge is 0.356 e. The monoisotopic (exact) mass is 328 g/mol. The summed E-state index contributed by atoms with van der Waals surface area (Å²) in [5, 5.41) is 0. The molecule has 1 spiro atoms. The minimum atomic E-state index is 0.342. The number of hydrogen-bond donors (Lipinski definition) is 0. The first-order valence-electron chi connectivity index (χ1n) is 9.48. The molecule has 0 unspecified atom stereocenters. The summed E-state index contributed by atoms with van der Waals surface area (Å²) in [6, 6.07) is 2.60. The second-order valence-corrected chi connectivity index (χ2v) is 7.96. The summed E-state index contributed by atoms with van der Waals surface area (Å²) in [5.74, 6) is 1.46. The van der Waals surface area contributed by atoms with Gasteiger partial charge in [-0.15, -0.1) is 0 Å². The number of anilines is 1. The molecule has 0 bridgehead atoms. The Labute approximate surface area is 144 Å². The number of amides is 1. The number of carbonyl (C=O) groups excluding carboxylic acids is 1. The Hall–Kier alpha value is -1.65. The van der Waals surface area contributed by atoms with Crippen LogP contribution in [0.1, 0.15) is 57.1 Å². The zero-order valence-electron chi connectivity index (χ0n) is 14.7. The van der Waals surface area contributed by atoms with Crippen LogP contribution in [-0.4, -0.2) is 46.5 Å². The highest BCUT2D eigenvalue weighted by atomic mass is 16.2. The summed E-state index contributed by atoms with van der Waals surface area (Å²) < 4.78 is 0.